The van der Waals surface area contributed by atoms with E-state index in [9.17, 15) is 19.5 Å². The summed E-state index contributed by atoms with van der Waals surface area (Å²) in [6.45, 7) is 13.2. The van der Waals surface area contributed by atoms with Gasteiger partial charge < -0.3 is 24.4 Å². The van der Waals surface area contributed by atoms with Crippen molar-refractivity contribution >= 4 is 35.1 Å². The number of para-hydroxylation sites is 1. The van der Waals surface area contributed by atoms with Crippen LogP contribution in [0.2, 0.25) is 5.02 Å². The van der Waals surface area contributed by atoms with Gasteiger partial charge in [0.05, 0.1) is 41.5 Å². The molecule has 3 fully saturated rings. The average molecular weight is 559 g/mol. The number of carbonyl (C=O) groups excluding carboxylic acids is 3. The monoisotopic (exact) mass is 558 g/mol. The number of rotatable bonds is 12. The number of anilines is 1. The molecule has 9 heteroatoms. The van der Waals surface area contributed by atoms with Gasteiger partial charge in [0, 0.05) is 6.54 Å². The predicted octanol–water partition coefficient (Wildman–Crippen LogP) is 4.15. The number of halogens is 1. The summed E-state index contributed by atoms with van der Waals surface area (Å²) in [6.07, 6.45) is 5.20. The van der Waals surface area contributed by atoms with Crippen molar-refractivity contribution in [3.8, 4) is 0 Å². The minimum Gasteiger partial charge on any atom is -0.465 e. The van der Waals surface area contributed by atoms with E-state index in [4.69, 9.17) is 21.1 Å². The van der Waals surface area contributed by atoms with Gasteiger partial charge in [0.2, 0.25) is 5.91 Å². The quantitative estimate of drug-likeness (QED) is 0.235. The van der Waals surface area contributed by atoms with Crippen molar-refractivity contribution in [3.05, 3.63) is 54.6 Å². The molecule has 3 aliphatic heterocycles. The molecule has 212 valence electrons. The highest BCUT2D eigenvalue weighted by atomic mass is 35.5. The molecular weight excluding hydrogens is 520 g/mol. The molecule has 0 saturated carbocycles. The van der Waals surface area contributed by atoms with Gasteiger partial charge in [-0.05, 0) is 43.7 Å². The minimum atomic E-state index is -1.24. The maximum Gasteiger partial charge on any atom is 0.312 e. The Morgan fingerprint density at radius 2 is 2.00 bits per heavy atom. The van der Waals surface area contributed by atoms with Crippen molar-refractivity contribution in [1.29, 1.82) is 0 Å². The van der Waals surface area contributed by atoms with Crippen molar-refractivity contribution in [2.24, 2.45) is 17.8 Å². The van der Waals surface area contributed by atoms with Crippen molar-refractivity contribution in [1.82, 2.24) is 4.90 Å². The molecule has 0 aliphatic carbocycles. The van der Waals surface area contributed by atoms with Crippen LogP contribution in [-0.2, 0) is 23.9 Å². The third-order valence-electron chi connectivity index (χ3n) is 8.71. The molecule has 2 amide bonds. The number of likely N-dealkylation sites (tertiary alicyclic amines) is 1. The van der Waals surface area contributed by atoms with Crippen LogP contribution in [0, 0.1) is 17.8 Å². The van der Waals surface area contributed by atoms with E-state index in [1.54, 1.807) is 36.4 Å². The number of carbonyl (C=O) groups is 3. The lowest BCUT2D eigenvalue weighted by molar-refractivity contribution is -0.162. The Morgan fingerprint density at radius 3 is 2.59 bits per heavy atom. The summed E-state index contributed by atoms with van der Waals surface area (Å²) in [4.78, 5) is 45.5. The third-order valence-corrected chi connectivity index (χ3v) is 9.03. The largest absolute Gasteiger partial charge is 0.465 e. The van der Waals surface area contributed by atoms with E-state index < -0.39 is 41.1 Å². The summed E-state index contributed by atoms with van der Waals surface area (Å²) in [7, 11) is 0. The number of benzene rings is 1. The lowest BCUT2D eigenvalue weighted by atomic mass is 9.65. The molecule has 0 radical (unpaired) electrons. The number of hydrogen-bond acceptors (Lipinski definition) is 6. The third kappa shape index (κ3) is 4.60. The normalized spacial score (nSPS) is 29.8. The van der Waals surface area contributed by atoms with Crippen LogP contribution in [-0.4, -0.2) is 70.8 Å². The first kappa shape index (κ1) is 29.3. The first-order valence-corrected chi connectivity index (χ1v) is 14.1. The standard InChI is InChI=1S/C30H39ClN2O6/c1-6-9-17-38-28(37)24-23-26(35)33(22(18-34)19(4)5)25(30(23)15-14-29(24,8-3)39-30)27(36)32(16-7-2)21-13-11-10-12-20(21)31/h6-7,10-13,19,22-25,34H,1-2,8-9,14-18H2,3-5H3/t22-,23-,24-,25?,29+,30?/m0/s1. The van der Waals surface area contributed by atoms with Crippen molar-refractivity contribution < 1.29 is 29.0 Å². The zero-order valence-corrected chi connectivity index (χ0v) is 23.7. The van der Waals surface area contributed by atoms with E-state index in [1.165, 1.54) is 9.80 Å². The fourth-order valence-electron chi connectivity index (χ4n) is 6.86. The molecule has 3 saturated heterocycles. The lowest BCUT2D eigenvalue weighted by Gasteiger charge is -2.40. The van der Waals surface area contributed by atoms with E-state index >= 15 is 0 Å². The fourth-order valence-corrected chi connectivity index (χ4v) is 7.10. The Hall–Kier alpha value is -2.68. The van der Waals surface area contributed by atoms with Crippen molar-refractivity contribution in [2.45, 2.75) is 69.7 Å². The average Bonchev–Trinajstić information content (AvgIpc) is 3.52. The first-order valence-electron chi connectivity index (χ1n) is 13.7. The zero-order valence-electron chi connectivity index (χ0n) is 23.0. The summed E-state index contributed by atoms with van der Waals surface area (Å²) < 4.78 is 12.4. The summed E-state index contributed by atoms with van der Waals surface area (Å²) in [5.74, 6) is -3.15. The van der Waals surface area contributed by atoms with Gasteiger partial charge in [0.15, 0.2) is 0 Å². The van der Waals surface area contributed by atoms with Gasteiger partial charge >= 0.3 is 5.97 Å². The Bertz CT molecular complexity index is 1140. The van der Waals surface area contributed by atoms with E-state index in [-0.39, 0.29) is 37.5 Å². The van der Waals surface area contributed by atoms with Crippen LogP contribution in [0.1, 0.15) is 46.5 Å². The number of aliphatic hydroxyl groups is 1. The fraction of sp³-hybridized carbons (Fsp3) is 0.567. The molecule has 4 rings (SSSR count). The van der Waals surface area contributed by atoms with E-state index in [2.05, 4.69) is 13.2 Å². The van der Waals surface area contributed by atoms with Gasteiger partial charge in [-0.25, -0.2) is 0 Å². The molecule has 2 bridgehead atoms. The van der Waals surface area contributed by atoms with Gasteiger partial charge in [-0.1, -0.05) is 56.7 Å². The van der Waals surface area contributed by atoms with E-state index in [0.717, 1.165) is 0 Å². The molecular formula is C30H39ClN2O6. The first-order chi connectivity index (χ1) is 18.6. The number of aliphatic hydroxyl groups excluding tert-OH is 1. The van der Waals surface area contributed by atoms with Gasteiger partial charge in [-0.2, -0.15) is 0 Å². The number of amides is 2. The second kappa shape index (κ2) is 11.4. The second-order valence-electron chi connectivity index (χ2n) is 11.0. The zero-order chi connectivity index (χ0) is 28.5. The van der Waals surface area contributed by atoms with Gasteiger partial charge in [0.1, 0.15) is 17.6 Å². The summed E-state index contributed by atoms with van der Waals surface area (Å²) in [6, 6.07) is 5.28. The number of esters is 1. The van der Waals surface area contributed by atoms with Gasteiger partial charge in [-0.3, -0.25) is 14.4 Å². The van der Waals surface area contributed by atoms with Gasteiger partial charge in [0.25, 0.3) is 5.91 Å². The van der Waals surface area contributed by atoms with Crippen molar-refractivity contribution in [2.75, 3.05) is 24.7 Å². The molecule has 3 aliphatic rings. The summed E-state index contributed by atoms with van der Waals surface area (Å²) in [5, 5.41) is 10.8. The summed E-state index contributed by atoms with van der Waals surface area (Å²) in [5.41, 5.74) is -1.66. The van der Waals surface area contributed by atoms with E-state index in [1.807, 2.05) is 20.8 Å². The highest BCUT2D eigenvalue weighted by Gasteiger charge is 2.79. The van der Waals surface area contributed by atoms with Crippen LogP contribution in [0.3, 0.4) is 0 Å². The molecule has 1 aromatic carbocycles. The molecule has 0 aromatic heterocycles. The molecule has 1 N–H and O–H groups in total. The summed E-state index contributed by atoms with van der Waals surface area (Å²) >= 11 is 6.52. The van der Waals surface area contributed by atoms with Crippen LogP contribution in [0.5, 0.6) is 0 Å². The maximum atomic E-state index is 14.6. The smallest absolute Gasteiger partial charge is 0.312 e. The second-order valence-corrected chi connectivity index (χ2v) is 11.4. The Kier molecular flexibility index (Phi) is 8.59. The minimum absolute atomic E-state index is 0.152. The highest BCUT2D eigenvalue weighted by molar-refractivity contribution is 6.34. The van der Waals surface area contributed by atoms with Gasteiger partial charge in [-0.15, -0.1) is 13.2 Å². The Morgan fingerprint density at radius 1 is 1.28 bits per heavy atom. The van der Waals surface area contributed by atoms with Crippen LogP contribution in [0.15, 0.2) is 49.6 Å². The number of nitrogens with zero attached hydrogens (tertiary/aromatic N) is 2. The van der Waals surface area contributed by atoms with Crippen LogP contribution < -0.4 is 4.90 Å². The van der Waals surface area contributed by atoms with Crippen LogP contribution in [0.4, 0.5) is 5.69 Å². The molecule has 8 nitrogen and oxygen atoms in total. The van der Waals surface area contributed by atoms with Crippen LogP contribution >= 0.6 is 11.6 Å². The Labute approximate surface area is 235 Å². The lowest BCUT2D eigenvalue weighted by Crippen LogP contribution is -2.60. The molecule has 6 atom stereocenters. The number of hydrogen-bond donors (Lipinski definition) is 1. The molecule has 39 heavy (non-hydrogen) atoms. The number of fused-ring (bicyclic) bond motifs is 1. The SMILES string of the molecule is C=CCCOC(=O)[C@@H]1[C@H]2C(=O)N([C@@H](CO)C(C)C)C(C(=O)N(CC=C)c3ccccc3Cl)C23CC[C@@]1(CC)O3. The molecule has 3 heterocycles. The Balaban J connectivity index is 1.86. The van der Waals surface area contributed by atoms with Crippen molar-refractivity contribution in [3.63, 3.8) is 0 Å². The highest BCUT2D eigenvalue weighted by Crippen LogP contribution is 2.65. The molecule has 1 spiro atoms. The topological polar surface area (TPSA) is 96.4 Å². The van der Waals surface area contributed by atoms with Crippen LogP contribution in [0.25, 0.3) is 0 Å². The predicted molar refractivity (Wildman–Crippen MR) is 149 cm³/mol. The number of ether oxygens (including phenoxy) is 2. The molecule has 2 unspecified atom stereocenters. The molecule has 1 aromatic rings. The maximum absolute atomic E-state index is 14.6. The van der Waals surface area contributed by atoms with E-state index in [0.29, 0.717) is 36.4 Å².